The number of carbonyl (C=O) groups is 1. The predicted molar refractivity (Wildman–Crippen MR) is 122 cm³/mol. The van der Waals surface area contributed by atoms with Crippen molar-refractivity contribution in [3.05, 3.63) is 63.6 Å². The second-order valence-corrected chi connectivity index (χ2v) is 7.88. The molecule has 0 bridgehead atoms. The van der Waals surface area contributed by atoms with Crippen molar-refractivity contribution in [2.45, 2.75) is 6.92 Å². The van der Waals surface area contributed by atoms with Gasteiger partial charge in [-0.05, 0) is 42.8 Å². The maximum atomic E-state index is 12.4. The van der Waals surface area contributed by atoms with Crippen molar-refractivity contribution in [3.63, 3.8) is 0 Å². The minimum absolute atomic E-state index is 0.0817. The summed E-state index contributed by atoms with van der Waals surface area (Å²) in [6, 6.07) is 14.2. The van der Waals surface area contributed by atoms with E-state index in [0.717, 1.165) is 0 Å². The molecule has 0 aliphatic heterocycles. The van der Waals surface area contributed by atoms with Crippen LogP contribution in [0.4, 0.5) is 5.13 Å². The first-order valence-corrected chi connectivity index (χ1v) is 10.6. The number of nitrogens with zero attached hydrogens (tertiary/aromatic N) is 3. The van der Waals surface area contributed by atoms with E-state index in [0.29, 0.717) is 44.6 Å². The molecule has 0 fully saturated rings. The lowest BCUT2D eigenvalue weighted by atomic mass is 10.1. The number of anilines is 1. The van der Waals surface area contributed by atoms with E-state index in [1.54, 1.807) is 37.3 Å². The van der Waals surface area contributed by atoms with Crippen molar-refractivity contribution in [1.29, 1.82) is 5.26 Å². The predicted octanol–water partition coefficient (Wildman–Crippen LogP) is 4.51. The third-order valence-corrected chi connectivity index (χ3v) is 5.11. The fourth-order valence-electron chi connectivity index (χ4n) is 2.59. The molecule has 0 saturated carbocycles. The number of hydrogen-bond acceptors (Lipinski definition) is 8. The molecule has 1 heterocycles. The van der Waals surface area contributed by atoms with Gasteiger partial charge in [0.15, 0.2) is 11.5 Å². The SMILES string of the molecule is COc1cc(/C=C(/C#N)C(=O)Nc2nnc(C)s2)ccc1OCCOc1ccccc1Cl. The highest BCUT2D eigenvalue weighted by Crippen LogP contribution is 2.29. The Kier molecular flexibility index (Phi) is 8.02. The van der Waals surface area contributed by atoms with Crippen LogP contribution in [0.1, 0.15) is 10.6 Å². The highest BCUT2D eigenvalue weighted by atomic mass is 35.5. The highest BCUT2D eigenvalue weighted by Gasteiger charge is 2.13. The van der Waals surface area contributed by atoms with Crippen LogP contribution < -0.4 is 19.5 Å². The van der Waals surface area contributed by atoms with Crippen LogP contribution in [0.5, 0.6) is 17.2 Å². The molecule has 0 saturated heterocycles. The molecular formula is C22H19ClN4O4S. The number of halogens is 1. The zero-order valence-corrected chi connectivity index (χ0v) is 18.9. The summed E-state index contributed by atoms with van der Waals surface area (Å²) in [5, 5.41) is 21.2. The topological polar surface area (TPSA) is 106 Å². The van der Waals surface area contributed by atoms with E-state index < -0.39 is 5.91 Å². The van der Waals surface area contributed by atoms with Crippen molar-refractivity contribution in [2.75, 3.05) is 25.6 Å². The minimum atomic E-state index is -0.570. The third kappa shape index (κ3) is 6.20. The zero-order valence-electron chi connectivity index (χ0n) is 17.3. The van der Waals surface area contributed by atoms with Gasteiger partial charge in [0.05, 0.1) is 12.1 Å². The number of rotatable bonds is 9. The second-order valence-electron chi connectivity index (χ2n) is 6.29. The van der Waals surface area contributed by atoms with Gasteiger partial charge in [0.2, 0.25) is 5.13 Å². The van der Waals surface area contributed by atoms with Gasteiger partial charge in [-0.3, -0.25) is 10.1 Å². The average molecular weight is 471 g/mol. The van der Waals surface area contributed by atoms with Crippen LogP contribution in [0.2, 0.25) is 5.02 Å². The van der Waals surface area contributed by atoms with Crippen LogP contribution in [0.25, 0.3) is 6.08 Å². The Labute approximate surface area is 194 Å². The molecule has 8 nitrogen and oxygen atoms in total. The Hall–Kier alpha value is -3.61. The molecule has 0 radical (unpaired) electrons. The number of ether oxygens (including phenoxy) is 3. The van der Waals surface area contributed by atoms with Gasteiger partial charge < -0.3 is 14.2 Å². The molecular weight excluding hydrogens is 452 g/mol. The number of nitrogens with one attached hydrogen (secondary N) is 1. The number of aromatic nitrogens is 2. The minimum Gasteiger partial charge on any atom is -0.493 e. The normalized spacial score (nSPS) is 10.9. The fraction of sp³-hybridized carbons (Fsp3) is 0.182. The molecule has 32 heavy (non-hydrogen) atoms. The Morgan fingerprint density at radius 1 is 1.16 bits per heavy atom. The second kappa shape index (κ2) is 11.1. The van der Waals surface area contributed by atoms with Gasteiger partial charge >= 0.3 is 0 Å². The van der Waals surface area contributed by atoms with E-state index in [1.165, 1.54) is 24.5 Å². The molecule has 0 atom stereocenters. The van der Waals surface area contributed by atoms with E-state index in [9.17, 15) is 10.1 Å². The van der Waals surface area contributed by atoms with E-state index >= 15 is 0 Å². The van der Waals surface area contributed by atoms with Gasteiger partial charge in [0.25, 0.3) is 5.91 Å². The fourth-order valence-corrected chi connectivity index (χ4v) is 3.36. The van der Waals surface area contributed by atoms with Gasteiger partial charge in [-0.2, -0.15) is 5.26 Å². The lowest BCUT2D eigenvalue weighted by molar-refractivity contribution is -0.112. The summed E-state index contributed by atoms with van der Waals surface area (Å²) in [5.74, 6) is 0.963. The summed E-state index contributed by atoms with van der Waals surface area (Å²) in [5.41, 5.74) is 0.517. The Morgan fingerprint density at radius 2 is 1.91 bits per heavy atom. The number of amides is 1. The molecule has 3 rings (SSSR count). The van der Waals surface area contributed by atoms with Crippen LogP contribution in [-0.2, 0) is 4.79 Å². The maximum Gasteiger partial charge on any atom is 0.268 e. The molecule has 1 N–H and O–H groups in total. The molecule has 10 heteroatoms. The number of hydrogen-bond donors (Lipinski definition) is 1. The molecule has 0 aliphatic rings. The molecule has 2 aromatic carbocycles. The van der Waals surface area contributed by atoms with Gasteiger partial charge in [-0.25, -0.2) is 0 Å². The number of aryl methyl sites for hydroxylation is 1. The van der Waals surface area contributed by atoms with Crippen LogP contribution in [-0.4, -0.2) is 36.4 Å². The van der Waals surface area contributed by atoms with E-state index in [4.69, 9.17) is 25.8 Å². The standard InChI is InChI=1S/C22H19ClN4O4S/c1-14-26-27-22(32-14)25-21(28)16(13-24)11-15-7-8-19(20(12-15)29-2)31-10-9-30-18-6-4-3-5-17(18)23/h3-8,11-12H,9-10H2,1-2H3,(H,25,27,28)/b16-11-. The molecule has 1 amide bonds. The Balaban J connectivity index is 1.63. The molecule has 0 aliphatic carbocycles. The van der Waals surface area contributed by atoms with Crippen molar-refractivity contribution >= 4 is 40.1 Å². The van der Waals surface area contributed by atoms with E-state index in [-0.39, 0.29) is 12.2 Å². The van der Waals surface area contributed by atoms with Gasteiger partial charge in [-0.15, -0.1) is 10.2 Å². The van der Waals surface area contributed by atoms with E-state index in [2.05, 4.69) is 15.5 Å². The first-order chi connectivity index (χ1) is 15.5. The van der Waals surface area contributed by atoms with Gasteiger partial charge in [0.1, 0.15) is 35.6 Å². The average Bonchev–Trinajstić information content (AvgIpc) is 3.20. The Bertz CT molecular complexity index is 1170. The first-order valence-electron chi connectivity index (χ1n) is 9.41. The van der Waals surface area contributed by atoms with Crippen molar-refractivity contribution in [2.24, 2.45) is 0 Å². The lowest BCUT2D eigenvalue weighted by Crippen LogP contribution is -2.13. The lowest BCUT2D eigenvalue weighted by Gasteiger charge is -2.12. The molecule has 164 valence electrons. The van der Waals surface area contributed by atoms with Crippen molar-refractivity contribution in [1.82, 2.24) is 10.2 Å². The summed E-state index contributed by atoms with van der Waals surface area (Å²) in [7, 11) is 1.51. The highest BCUT2D eigenvalue weighted by molar-refractivity contribution is 7.15. The van der Waals surface area contributed by atoms with Crippen LogP contribution in [0.3, 0.4) is 0 Å². The molecule has 0 spiro atoms. The Morgan fingerprint density at radius 3 is 2.56 bits per heavy atom. The summed E-state index contributed by atoms with van der Waals surface area (Å²) >= 11 is 7.28. The van der Waals surface area contributed by atoms with Crippen molar-refractivity contribution < 1.29 is 19.0 Å². The maximum absolute atomic E-state index is 12.4. The monoisotopic (exact) mass is 470 g/mol. The number of methoxy groups -OCH3 is 1. The number of benzene rings is 2. The molecule has 3 aromatic rings. The summed E-state index contributed by atoms with van der Waals surface area (Å²) < 4.78 is 16.7. The number of nitriles is 1. The van der Waals surface area contributed by atoms with Gasteiger partial charge in [0, 0.05) is 0 Å². The molecule has 1 aromatic heterocycles. The smallest absolute Gasteiger partial charge is 0.268 e. The third-order valence-electron chi connectivity index (χ3n) is 4.05. The summed E-state index contributed by atoms with van der Waals surface area (Å²) in [4.78, 5) is 12.4. The summed E-state index contributed by atoms with van der Waals surface area (Å²) in [6.07, 6.45) is 1.45. The van der Waals surface area contributed by atoms with Crippen molar-refractivity contribution in [3.8, 4) is 23.3 Å². The number of carbonyl (C=O) groups excluding carboxylic acids is 1. The quantitative estimate of drug-likeness (QED) is 0.278. The largest absolute Gasteiger partial charge is 0.493 e. The molecule has 0 unspecified atom stereocenters. The van der Waals surface area contributed by atoms with Gasteiger partial charge in [-0.1, -0.05) is 41.1 Å². The van der Waals surface area contributed by atoms with E-state index in [1.807, 2.05) is 18.2 Å². The van der Waals surface area contributed by atoms with Crippen LogP contribution >= 0.6 is 22.9 Å². The first kappa shape index (κ1) is 23.1. The van der Waals surface area contributed by atoms with Crippen LogP contribution in [0, 0.1) is 18.3 Å². The summed E-state index contributed by atoms with van der Waals surface area (Å²) in [6.45, 7) is 2.33. The van der Waals surface area contributed by atoms with Crippen LogP contribution in [0.15, 0.2) is 48.0 Å². The zero-order chi connectivity index (χ0) is 22.9. The number of para-hydroxylation sites is 1.